The fraction of sp³-hybridized carbons (Fsp3) is 0.951. The number of ether oxygens (including phenoxy) is 4. The summed E-state index contributed by atoms with van der Waals surface area (Å²) in [5.74, 6) is -0.507. The maximum absolute atomic E-state index is 13.1. The fourth-order valence-corrected chi connectivity index (χ4v) is 14.3. The molecule has 6 atom stereocenters. The van der Waals surface area contributed by atoms with Crippen LogP contribution in [0.25, 0.3) is 0 Å². The lowest BCUT2D eigenvalue weighted by molar-refractivity contribution is -0.161. The van der Waals surface area contributed by atoms with E-state index < -0.39 is 97.5 Å². The minimum atomic E-state index is -4.96. The van der Waals surface area contributed by atoms with Gasteiger partial charge in [0.25, 0.3) is 0 Å². The normalized spacial score (nSPS) is 14.2. The summed E-state index contributed by atoms with van der Waals surface area (Å²) in [6, 6.07) is 0. The third-order valence-electron chi connectivity index (χ3n) is 19.6. The molecule has 0 bridgehead atoms. The van der Waals surface area contributed by atoms with Crippen molar-refractivity contribution in [2.75, 3.05) is 39.6 Å². The van der Waals surface area contributed by atoms with Crippen molar-refractivity contribution in [3.05, 3.63) is 0 Å². The topological polar surface area (TPSA) is 237 Å². The number of aliphatic hydroxyl groups excluding tert-OH is 1. The van der Waals surface area contributed by atoms with E-state index in [1.807, 2.05) is 0 Å². The minimum Gasteiger partial charge on any atom is -0.462 e. The second-order valence-electron chi connectivity index (χ2n) is 30.2. The SMILES string of the molecule is CCCCCCCCCCCCCCCCC(=O)OC[C@H](COP(=O)(O)OC[C@@H](O)COP(=O)(O)OC[C@@H](COC(=O)CCCCCCCCCCC(C)CC)OC(=O)CCCCCCCCCCCCCCCC)OC(=O)CCCCCCCCCCCCCCCCCCCCC(C)C. The van der Waals surface area contributed by atoms with Crippen molar-refractivity contribution >= 4 is 39.5 Å². The van der Waals surface area contributed by atoms with Crippen LogP contribution in [0.2, 0.25) is 0 Å². The number of unbranched alkanes of at least 4 members (excludes halogenated alkanes) is 50. The number of carbonyl (C=O) groups is 4. The molecule has 0 aromatic carbocycles. The Labute approximate surface area is 619 Å². The highest BCUT2D eigenvalue weighted by atomic mass is 31.2. The quantitative estimate of drug-likeness (QED) is 0.0222. The highest BCUT2D eigenvalue weighted by Gasteiger charge is 2.30. The van der Waals surface area contributed by atoms with E-state index in [0.29, 0.717) is 25.7 Å². The molecule has 0 aromatic heterocycles. The van der Waals surface area contributed by atoms with Gasteiger partial charge in [-0.05, 0) is 37.5 Å². The van der Waals surface area contributed by atoms with E-state index in [1.54, 1.807) is 0 Å². The van der Waals surface area contributed by atoms with Crippen molar-refractivity contribution in [2.24, 2.45) is 11.8 Å². The molecule has 3 N–H and O–H groups in total. The van der Waals surface area contributed by atoms with Crippen LogP contribution in [-0.4, -0.2) is 96.7 Å². The molecule has 101 heavy (non-hydrogen) atoms. The molecular formula is C82H160O17P2. The van der Waals surface area contributed by atoms with Gasteiger partial charge in [0.2, 0.25) is 0 Å². The first kappa shape index (κ1) is 99.1. The van der Waals surface area contributed by atoms with E-state index in [0.717, 1.165) is 102 Å². The van der Waals surface area contributed by atoms with Gasteiger partial charge in [-0.1, -0.05) is 382 Å². The summed E-state index contributed by atoms with van der Waals surface area (Å²) < 4.78 is 68.8. The van der Waals surface area contributed by atoms with Gasteiger partial charge in [-0.3, -0.25) is 37.3 Å². The molecule has 0 radical (unpaired) electrons. The van der Waals surface area contributed by atoms with Crippen LogP contribution in [0.15, 0.2) is 0 Å². The van der Waals surface area contributed by atoms with Gasteiger partial charge in [0, 0.05) is 25.7 Å². The molecule has 17 nitrogen and oxygen atoms in total. The van der Waals surface area contributed by atoms with Gasteiger partial charge in [-0.15, -0.1) is 0 Å². The molecule has 0 fully saturated rings. The van der Waals surface area contributed by atoms with Crippen LogP contribution in [0, 0.1) is 11.8 Å². The molecule has 0 rings (SSSR count). The number of hydrogen-bond donors (Lipinski definition) is 3. The Morgan fingerprint density at radius 2 is 0.505 bits per heavy atom. The number of hydrogen-bond acceptors (Lipinski definition) is 15. The van der Waals surface area contributed by atoms with Crippen molar-refractivity contribution in [3.8, 4) is 0 Å². The van der Waals surface area contributed by atoms with Gasteiger partial charge in [-0.2, -0.15) is 0 Å². The first-order valence-corrected chi connectivity index (χ1v) is 45.5. The number of carbonyl (C=O) groups excluding carboxylic acids is 4. The standard InChI is InChI=1S/C82H160O17P2/c1-7-10-12-14-16-18-20-22-31-35-39-46-52-58-64-79(84)92-70-77(98-82(87)67-61-55-49-41-37-33-29-27-25-24-26-28-30-34-38-44-50-56-62-74(4)5)72-96-100(88,89)94-68-76(83)69-95-101(90,91)97-73-78(71-93-80(85)65-59-53-47-43-42-45-51-57-63-75(6)9-3)99-81(86)66-60-54-48-40-36-32-23-21-19-17-15-13-11-8-2/h74-78,83H,7-73H2,1-6H3,(H,88,89)(H,90,91)/t75?,76-,77-,78-/m1/s1. The fourth-order valence-electron chi connectivity index (χ4n) is 12.7. The first-order chi connectivity index (χ1) is 48.9. The van der Waals surface area contributed by atoms with Gasteiger partial charge in [-0.25, -0.2) is 9.13 Å². The zero-order valence-corrected chi connectivity index (χ0v) is 68.0. The van der Waals surface area contributed by atoms with Crippen molar-refractivity contribution in [2.45, 2.75) is 452 Å². The van der Waals surface area contributed by atoms with Gasteiger partial charge in [0.15, 0.2) is 12.2 Å². The first-order valence-electron chi connectivity index (χ1n) is 42.5. The molecule has 0 aliphatic carbocycles. The average Bonchev–Trinajstić information content (AvgIpc) is 0.977. The van der Waals surface area contributed by atoms with E-state index in [1.165, 1.54) is 250 Å². The van der Waals surface area contributed by atoms with Crippen LogP contribution in [0.1, 0.15) is 433 Å². The number of phosphoric ester groups is 2. The predicted molar refractivity (Wildman–Crippen MR) is 414 cm³/mol. The van der Waals surface area contributed by atoms with E-state index in [2.05, 4.69) is 41.5 Å². The summed E-state index contributed by atoms with van der Waals surface area (Å²) in [7, 11) is -9.92. The molecule has 0 aliphatic heterocycles. The van der Waals surface area contributed by atoms with Crippen LogP contribution in [0.5, 0.6) is 0 Å². The van der Waals surface area contributed by atoms with Gasteiger partial charge in [0.1, 0.15) is 19.3 Å². The van der Waals surface area contributed by atoms with E-state index in [4.69, 9.17) is 37.0 Å². The highest BCUT2D eigenvalue weighted by molar-refractivity contribution is 7.47. The molecule has 0 heterocycles. The second kappa shape index (κ2) is 73.6. The van der Waals surface area contributed by atoms with E-state index >= 15 is 0 Å². The predicted octanol–water partition coefficient (Wildman–Crippen LogP) is 24.7. The summed E-state index contributed by atoms with van der Waals surface area (Å²) >= 11 is 0. The van der Waals surface area contributed by atoms with Gasteiger partial charge < -0.3 is 33.8 Å². The lowest BCUT2D eigenvalue weighted by Crippen LogP contribution is -2.30. The Hall–Kier alpha value is -1.94. The van der Waals surface area contributed by atoms with E-state index in [-0.39, 0.29) is 25.7 Å². The largest absolute Gasteiger partial charge is 0.472 e. The molecular weight excluding hydrogens is 1320 g/mol. The third kappa shape index (κ3) is 74.7. The smallest absolute Gasteiger partial charge is 0.462 e. The van der Waals surface area contributed by atoms with Crippen molar-refractivity contribution in [1.29, 1.82) is 0 Å². The van der Waals surface area contributed by atoms with Crippen molar-refractivity contribution in [1.82, 2.24) is 0 Å². The Balaban J connectivity index is 5.24. The number of esters is 4. The van der Waals surface area contributed by atoms with Crippen molar-refractivity contribution in [3.63, 3.8) is 0 Å². The van der Waals surface area contributed by atoms with Crippen LogP contribution < -0.4 is 0 Å². The Kier molecular flexibility index (Phi) is 72.2. The van der Waals surface area contributed by atoms with E-state index in [9.17, 15) is 43.2 Å². The van der Waals surface area contributed by atoms with Crippen LogP contribution in [0.4, 0.5) is 0 Å². The Morgan fingerprint density at radius 1 is 0.287 bits per heavy atom. The van der Waals surface area contributed by atoms with Gasteiger partial charge >= 0.3 is 39.5 Å². The van der Waals surface area contributed by atoms with Crippen LogP contribution in [0.3, 0.4) is 0 Å². The molecule has 600 valence electrons. The maximum atomic E-state index is 13.1. The molecule has 0 aromatic rings. The molecule has 0 saturated heterocycles. The lowest BCUT2D eigenvalue weighted by atomic mass is 9.99. The zero-order valence-electron chi connectivity index (χ0n) is 66.2. The molecule has 0 saturated carbocycles. The monoisotopic (exact) mass is 1480 g/mol. The summed E-state index contributed by atoms with van der Waals surface area (Å²) in [4.78, 5) is 73.1. The number of rotatable bonds is 81. The summed E-state index contributed by atoms with van der Waals surface area (Å²) in [5, 5.41) is 10.7. The second-order valence-corrected chi connectivity index (χ2v) is 33.1. The summed E-state index contributed by atoms with van der Waals surface area (Å²) in [6.07, 6.45) is 63.7. The Bertz CT molecular complexity index is 1940. The number of aliphatic hydroxyl groups is 1. The molecule has 0 aliphatic rings. The Morgan fingerprint density at radius 3 is 0.752 bits per heavy atom. The lowest BCUT2D eigenvalue weighted by Gasteiger charge is -2.21. The van der Waals surface area contributed by atoms with Crippen molar-refractivity contribution < 1.29 is 80.2 Å². The highest BCUT2D eigenvalue weighted by Crippen LogP contribution is 2.45. The average molecular weight is 1480 g/mol. The molecule has 0 amide bonds. The van der Waals surface area contributed by atoms with Crippen LogP contribution in [-0.2, 0) is 65.4 Å². The van der Waals surface area contributed by atoms with Crippen LogP contribution >= 0.6 is 15.6 Å². The molecule has 3 unspecified atom stereocenters. The zero-order chi connectivity index (χ0) is 74.2. The number of phosphoric acid groups is 2. The molecule has 19 heteroatoms. The molecule has 0 spiro atoms. The third-order valence-corrected chi connectivity index (χ3v) is 21.5. The summed E-state index contributed by atoms with van der Waals surface area (Å²) in [5.41, 5.74) is 0. The minimum absolute atomic E-state index is 0.108. The maximum Gasteiger partial charge on any atom is 0.472 e. The summed E-state index contributed by atoms with van der Waals surface area (Å²) in [6.45, 7) is 9.69. The van der Waals surface area contributed by atoms with Gasteiger partial charge in [0.05, 0.1) is 26.4 Å².